The maximum absolute atomic E-state index is 5.01. The van der Waals surface area contributed by atoms with Crippen LogP contribution in [0.3, 0.4) is 0 Å². The van der Waals surface area contributed by atoms with Gasteiger partial charge in [0.15, 0.2) is 5.65 Å². The average Bonchev–Trinajstić information content (AvgIpc) is 3.11. The summed E-state index contributed by atoms with van der Waals surface area (Å²) >= 11 is 0. The van der Waals surface area contributed by atoms with Gasteiger partial charge in [-0.1, -0.05) is 43.3 Å². The molecule has 1 aliphatic rings. The molecule has 1 fully saturated rings. The molecule has 0 bridgehead atoms. The molecule has 5 rings (SSSR count). The lowest BCUT2D eigenvalue weighted by Gasteiger charge is -2.25. The molecule has 2 aromatic heterocycles. The van der Waals surface area contributed by atoms with Gasteiger partial charge in [0.05, 0.1) is 0 Å². The first kappa shape index (κ1) is 17.4. The first-order valence-electron chi connectivity index (χ1n) is 10.4. The largest absolute Gasteiger partial charge is 0.317 e. The van der Waals surface area contributed by atoms with Crippen LogP contribution in [0.5, 0.6) is 0 Å². The Morgan fingerprint density at radius 1 is 1.00 bits per heavy atom. The van der Waals surface area contributed by atoms with E-state index in [1.54, 1.807) is 0 Å². The van der Waals surface area contributed by atoms with Gasteiger partial charge in [-0.2, -0.15) is 0 Å². The number of benzene rings is 2. The Morgan fingerprint density at radius 2 is 1.82 bits per heavy atom. The molecule has 0 spiro atoms. The maximum atomic E-state index is 5.01. The van der Waals surface area contributed by atoms with E-state index in [1.807, 2.05) is 6.20 Å². The van der Waals surface area contributed by atoms with Crippen molar-refractivity contribution in [2.24, 2.45) is 0 Å². The number of hydrogen-bond acceptors (Lipinski definition) is 3. The standard InChI is InChI=1S/C24H26N4/c1-2-5-23-27-22-15-20(19-9-8-17-6-3-4-7-18(17)14-19)16-26-24(22)28(23)21-10-12-25-13-11-21/h3-4,6-9,14-16,21,25H,2,5,10-13H2,1H3. The van der Waals surface area contributed by atoms with Gasteiger partial charge in [0.25, 0.3) is 0 Å². The second kappa shape index (κ2) is 7.36. The molecular weight excluding hydrogens is 344 g/mol. The number of rotatable bonds is 4. The van der Waals surface area contributed by atoms with E-state index in [2.05, 4.69) is 65.3 Å². The number of nitrogens with zero attached hydrogens (tertiary/aromatic N) is 3. The van der Waals surface area contributed by atoms with E-state index in [9.17, 15) is 0 Å². The number of fused-ring (bicyclic) bond motifs is 2. The van der Waals surface area contributed by atoms with Crippen molar-refractivity contribution in [3.05, 3.63) is 60.6 Å². The number of nitrogens with one attached hydrogen (secondary N) is 1. The zero-order valence-electron chi connectivity index (χ0n) is 16.4. The number of aryl methyl sites for hydroxylation is 1. The van der Waals surface area contributed by atoms with Crippen LogP contribution < -0.4 is 5.32 Å². The Bertz CT molecular complexity index is 1120. The van der Waals surface area contributed by atoms with Gasteiger partial charge < -0.3 is 9.88 Å². The van der Waals surface area contributed by atoms with Crippen LogP contribution in [0.4, 0.5) is 0 Å². The van der Waals surface area contributed by atoms with Gasteiger partial charge in [-0.3, -0.25) is 0 Å². The second-order valence-corrected chi connectivity index (χ2v) is 7.76. The van der Waals surface area contributed by atoms with Crippen LogP contribution in [0.25, 0.3) is 33.1 Å². The van der Waals surface area contributed by atoms with E-state index in [-0.39, 0.29) is 0 Å². The van der Waals surface area contributed by atoms with Crippen molar-refractivity contribution in [1.82, 2.24) is 19.9 Å². The molecule has 142 valence electrons. The van der Waals surface area contributed by atoms with E-state index >= 15 is 0 Å². The SMILES string of the molecule is CCCc1nc2cc(-c3ccc4ccccc4c3)cnc2n1C1CCNCC1. The molecule has 0 aliphatic carbocycles. The van der Waals surface area contributed by atoms with Gasteiger partial charge in [0, 0.05) is 24.2 Å². The van der Waals surface area contributed by atoms with Crippen LogP contribution in [0.15, 0.2) is 54.7 Å². The van der Waals surface area contributed by atoms with Crippen molar-refractivity contribution >= 4 is 21.9 Å². The zero-order valence-corrected chi connectivity index (χ0v) is 16.4. The predicted octanol–water partition coefficient (Wildman–Crippen LogP) is 5.13. The molecule has 4 heteroatoms. The highest BCUT2D eigenvalue weighted by molar-refractivity contribution is 5.88. The number of piperidine rings is 1. The van der Waals surface area contributed by atoms with E-state index in [4.69, 9.17) is 9.97 Å². The third-order valence-electron chi connectivity index (χ3n) is 5.83. The Labute approximate surface area is 165 Å². The molecule has 28 heavy (non-hydrogen) atoms. The minimum atomic E-state index is 0.506. The van der Waals surface area contributed by atoms with E-state index < -0.39 is 0 Å². The van der Waals surface area contributed by atoms with Gasteiger partial charge in [-0.15, -0.1) is 0 Å². The molecule has 0 radical (unpaired) electrons. The van der Waals surface area contributed by atoms with Gasteiger partial charge in [0.1, 0.15) is 11.3 Å². The lowest BCUT2D eigenvalue weighted by molar-refractivity contribution is 0.365. The van der Waals surface area contributed by atoms with Gasteiger partial charge in [0.2, 0.25) is 0 Å². The van der Waals surface area contributed by atoms with Crippen LogP contribution >= 0.6 is 0 Å². The zero-order chi connectivity index (χ0) is 18.9. The van der Waals surface area contributed by atoms with Crippen LogP contribution in [-0.4, -0.2) is 27.6 Å². The fourth-order valence-electron chi connectivity index (χ4n) is 4.40. The van der Waals surface area contributed by atoms with Crippen LogP contribution in [0.2, 0.25) is 0 Å². The highest BCUT2D eigenvalue weighted by Gasteiger charge is 2.22. The maximum Gasteiger partial charge on any atom is 0.160 e. The normalized spacial score (nSPS) is 15.5. The fourth-order valence-corrected chi connectivity index (χ4v) is 4.40. The van der Waals surface area contributed by atoms with Crippen molar-refractivity contribution in [2.45, 2.75) is 38.6 Å². The first-order valence-corrected chi connectivity index (χ1v) is 10.4. The third-order valence-corrected chi connectivity index (χ3v) is 5.83. The second-order valence-electron chi connectivity index (χ2n) is 7.76. The van der Waals surface area contributed by atoms with E-state index in [0.29, 0.717) is 6.04 Å². The van der Waals surface area contributed by atoms with Gasteiger partial charge in [-0.25, -0.2) is 9.97 Å². The van der Waals surface area contributed by atoms with Crippen LogP contribution in [-0.2, 0) is 6.42 Å². The number of imidazole rings is 1. The Hall–Kier alpha value is -2.72. The summed E-state index contributed by atoms with van der Waals surface area (Å²) in [5.41, 5.74) is 4.39. The summed E-state index contributed by atoms with van der Waals surface area (Å²) < 4.78 is 2.42. The predicted molar refractivity (Wildman–Crippen MR) is 116 cm³/mol. The molecule has 1 N–H and O–H groups in total. The summed E-state index contributed by atoms with van der Waals surface area (Å²) in [7, 11) is 0. The molecule has 1 aliphatic heterocycles. The Morgan fingerprint density at radius 3 is 2.64 bits per heavy atom. The summed E-state index contributed by atoms with van der Waals surface area (Å²) in [6.07, 6.45) is 6.42. The highest BCUT2D eigenvalue weighted by Crippen LogP contribution is 2.30. The van der Waals surface area contributed by atoms with Crippen LogP contribution in [0, 0.1) is 0 Å². The topological polar surface area (TPSA) is 42.7 Å². The number of aromatic nitrogens is 3. The average molecular weight is 371 g/mol. The van der Waals surface area contributed by atoms with E-state index in [0.717, 1.165) is 55.5 Å². The van der Waals surface area contributed by atoms with Crippen molar-refractivity contribution in [2.75, 3.05) is 13.1 Å². The van der Waals surface area contributed by atoms with Crippen molar-refractivity contribution < 1.29 is 0 Å². The molecular formula is C24H26N4. The van der Waals surface area contributed by atoms with Crippen molar-refractivity contribution in [3.63, 3.8) is 0 Å². The molecule has 0 atom stereocenters. The number of hydrogen-bond donors (Lipinski definition) is 1. The Balaban J connectivity index is 1.60. The monoisotopic (exact) mass is 370 g/mol. The first-order chi connectivity index (χ1) is 13.8. The van der Waals surface area contributed by atoms with Gasteiger partial charge in [-0.05, 0) is 60.8 Å². The summed E-state index contributed by atoms with van der Waals surface area (Å²) in [5.74, 6) is 1.19. The van der Waals surface area contributed by atoms with Crippen molar-refractivity contribution in [1.29, 1.82) is 0 Å². The molecule has 2 aromatic carbocycles. The summed E-state index contributed by atoms with van der Waals surface area (Å²) in [6, 6.07) is 17.8. The lowest BCUT2D eigenvalue weighted by atomic mass is 10.0. The quantitative estimate of drug-likeness (QED) is 0.542. The molecule has 0 saturated carbocycles. The van der Waals surface area contributed by atoms with Crippen molar-refractivity contribution in [3.8, 4) is 11.1 Å². The minimum absolute atomic E-state index is 0.506. The number of pyridine rings is 1. The Kier molecular flexibility index (Phi) is 4.57. The molecule has 3 heterocycles. The fraction of sp³-hybridized carbons (Fsp3) is 0.333. The smallest absolute Gasteiger partial charge is 0.160 e. The third kappa shape index (κ3) is 3.08. The summed E-state index contributed by atoms with van der Waals surface area (Å²) in [6.45, 7) is 4.37. The minimum Gasteiger partial charge on any atom is -0.317 e. The van der Waals surface area contributed by atoms with E-state index in [1.165, 1.54) is 22.2 Å². The highest BCUT2D eigenvalue weighted by atomic mass is 15.2. The van der Waals surface area contributed by atoms with Gasteiger partial charge >= 0.3 is 0 Å². The molecule has 4 aromatic rings. The molecule has 0 unspecified atom stereocenters. The summed E-state index contributed by atoms with van der Waals surface area (Å²) in [4.78, 5) is 9.90. The summed E-state index contributed by atoms with van der Waals surface area (Å²) in [5, 5.41) is 5.99. The van der Waals surface area contributed by atoms with Crippen LogP contribution in [0.1, 0.15) is 38.1 Å². The lowest BCUT2D eigenvalue weighted by Crippen LogP contribution is -2.30. The molecule has 0 amide bonds. The molecule has 1 saturated heterocycles. The molecule has 4 nitrogen and oxygen atoms in total.